The van der Waals surface area contributed by atoms with Crippen LogP contribution in [0.2, 0.25) is 0 Å². The van der Waals surface area contributed by atoms with Crippen molar-refractivity contribution in [2.24, 2.45) is 4.36 Å². The fraction of sp³-hybridized carbons (Fsp3) is 0.417. The monoisotopic (exact) mass is 288 g/mol. The van der Waals surface area contributed by atoms with E-state index in [1.807, 2.05) is 6.92 Å². The van der Waals surface area contributed by atoms with Crippen molar-refractivity contribution in [1.82, 2.24) is 0 Å². The molecule has 0 radical (unpaired) electrons. The van der Waals surface area contributed by atoms with E-state index in [1.165, 1.54) is 6.92 Å². The molecule has 100 valence electrons. The van der Waals surface area contributed by atoms with Crippen molar-refractivity contribution in [3.63, 3.8) is 0 Å². The number of carbonyl (C=O) groups excluding carboxylic acids is 1. The fourth-order valence-corrected chi connectivity index (χ4v) is 2.88. The first-order valence-electron chi connectivity index (χ1n) is 5.76. The number of amides is 1. The van der Waals surface area contributed by atoms with Crippen molar-refractivity contribution in [2.75, 3.05) is 11.9 Å². The number of carbonyl (C=O) groups is 1. The summed E-state index contributed by atoms with van der Waals surface area (Å²) >= 11 is 0. The lowest BCUT2D eigenvalue weighted by Crippen LogP contribution is -2.06. The van der Waals surface area contributed by atoms with E-state index in [0.717, 1.165) is 12.8 Å². The molecule has 1 amide bonds. The van der Waals surface area contributed by atoms with Crippen LogP contribution in [-0.2, 0) is 13.7 Å². The van der Waals surface area contributed by atoms with Crippen LogP contribution in [0.3, 0.4) is 0 Å². The summed E-state index contributed by atoms with van der Waals surface area (Å²) in [4.78, 5) is 11.4. The summed E-state index contributed by atoms with van der Waals surface area (Å²) in [6.45, 7) is 3.92. The van der Waals surface area contributed by atoms with E-state index in [9.17, 15) is 9.00 Å². The Morgan fingerprint density at radius 3 is 2.83 bits per heavy atom. The lowest BCUT2D eigenvalue weighted by atomic mass is 10.3. The zero-order valence-corrected chi connectivity index (χ0v) is 12.1. The highest BCUT2D eigenvalue weighted by Crippen LogP contribution is 2.21. The van der Waals surface area contributed by atoms with Crippen LogP contribution in [0, 0.1) is 0 Å². The first-order chi connectivity index (χ1) is 8.45. The molecule has 0 aliphatic rings. The molecule has 1 rings (SSSR count). The molecule has 1 aromatic rings. The second-order valence-corrected chi connectivity index (χ2v) is 6.77. The average Bonchev–Trinajstić information content (AvgIpc) is 2.28. The summed E-state index contributed by atoms with van der Waals surface area (Å²) in [5.41, 5.74) is 0.569. The molecule has 0 spiro atoms. The quantitative estimate of drug-likeness (QED) is 0.666. The molecule has 6 heteroatoms. The Kier molecular flexibility index (Phi) is 5.62. The minimum atomic E-state index is -2.89. The molecule has 0 aliphatic carbocycles. The van der Waals surface area contributed by atoms with Crippen LogP contribution in [-0.4, -0.2) is 16.7 Å². The molecule has 1 atom stereocenters. The number of nitrogens with one attached hydrogen (secondary N) is 1. The molecule has 0 aromatic heterocycles. The number of anilines is 1. The van der Waals surface area contributed by atoms with Gasteiger partial charge in [-0.1, -0.05) is 19.4 Å². The Labute approximate surface area is 112 Å². The molecule has 4 nitrogen and oxygen atoms in total. The van der Waals surface area contributed by atoms with E-state index in [0.29, 0.717) is 17.1 Å². The predicted molar refractivity (Wildman–Crippen MR) is 75.2 cm³/mol. The zero-order valence-electron chi connectivity index (χ0n) is 10.5. The third kappa shape index (κ3) is 4.66. The number of unbranched alkanes of at least 4 members (excludes halogenated alkanes) is 1. The van der Waals surface area contributed by atoms with E-state index in [2.05, 4.69) is 9.68 Å². The van der Waals surface area contributed by atoms with Gasteiger partial charge in [0.05, 0.1) is 4.90 Å². The first kappa shape index (κ1) is 15.0. The van der Waals surface area contributed by atoms with Crippen LogP contribution < -0.4 is 5.32 Å². The summed E-state index contributed by atoms with van der Waals surface area (Å²) in [5, 5.41) is 2.62. The molecule has 18 heavy (non-hydrogen) atoms. The molecule has 0 aliphatic heterocycles. The number of halogens is 1. The molecular weight excluding hydrogens is 272 g/mol. The molecule has 0 saturated carbocycles. The van der Waals surface area contributed by atoms with Crippen molar-refractivity contribution in [1.29, 1.82) is 0 Å². The Balaban J connectivity index is 2.98. The molecule has 0 saturated heterocycles. The first-order valence-corrected chi connectivity index (χ1v) is 8.10. The van der Waals surface area contributed by atoms with Crippen LogP contribution in [0.4, 0.5) is 5.69 Å². The lowest BCUT2D eigenvalue weighted by molar-refractivity contribution is -0.114. The molecule has 1 N–H and O–H groups in total. The number of hydrogen-bond donors (Lipinski definition) is 1. The normalized spacial score (nSPS) is 13.7. The maximum atomic E-state index is 12.2. The second-order valence-electron chi connectivity index (χ2n) is 3.87. The molecule has 0 bridgehead atoms. The largest absolute Gasteiger partial charge is 0.326 e. The summed E-state index contributed by atoms with van der Waals surface area (Å²) in [6.07, 6.45) is 1.83. The Morgan fingerprint density at radius 1 is 1.50 bits per heavy atom. The average molecular weight is 289 g/mol. The van der Waals surface area contributed by atoms with Crippen LogP contribution in [0.15, 0.2) is 33.5 Å². The SMILES string of the molecule is CCCCN=S(=O)(Cl)c1cccc(NC(C)=O)c1. The highest BCUT2D eigenvalue weighted by atomic mass is 35.7. The predicted octanol–water partition coefficient (Wildman–Crippen LogP) is 3.43. The van der Waals surface area contributed by atoms with Crippen LogP contribution in [0.5, 0.6) is 0 Å². The van der Waals surface area contributed by atoms with Gasteiger partial charge in [0.2, 0.25) is 5.91 Å². The van der Waals surface area contributed by atoms with Gasteiger partial charge in [0.1, 0.15) is 0 Å². The lowest BCUT2D eigenvalue weighted by Gasteiger charge is -2.06. The minimum Gasteiger partial charge on any atom is -0.326 e. The Bertz CT molecular complexity index is 537. The van der Waals surface area contributed by atoms with Gasteiger partial charge in [-0.15, -0.1) is 0 Å². The summed E-state index contributed by atoms with van der Waals surface area (Å²) in [5.74, 6) is -0.184. The van der Waals surface area contributed by atoms with Gasteiger partial charge in [0.25, 0.3) is 0 Å². The number of hydrogen-bond acceptors (Lipinski definition) is 3. The van der Waals surface area contributed by atoms with Crippen LogP contribution in [0.1, 0.15) is 26.7 Å². The summed E-state index contributed by atoms with van der Waals surface area (Å²) in [6, 6.07) is 6.64. The van der Waals surface area contributed by atoms with E-state index in [1.54, 1.807) is 24.3 Å². The Hall–Kier alpha value is -1.07. The molecule has 0 fully saturated rings. The highest BCUT2D eigenvalue weighted by molar-refractivity contribution is 8.15. The Morgan fingerprint density at radius 2 is 2.22 bits per heavy atom. The maximum absolute atomic E-state index is 12.2. The van der Waals surface area contributed by atoms with Crippen molar-refractivity contribution in [3.05, 3.63) is 24.3 Å². The standard InChI is InChI=1S/C12H17ClN2O2S/c1-3-4-8-14-18(13,17)12-7-5-6-11(9-12)15-10(2)16/h5-7,9H,3-4,8H2,1-2H3,(H,15,16). The zero-order chi connectivity index (χ0) is 13.6. The maximum Gasteiger partial charge on any atom is 0.221 e. The minimum absolute atomic E-state index is 0.184. The number of benzene rings is 1. The van der Waals surface area contributed by atoms with Crippen molar-refractivity contribution >= 4 is 31.2 Å². The van der Waals surface area contributed by atoms with Crippen LogP contribution in [0.25, 0.3) is 0 Å². The van der Waals surface area contributed by atoms with Gasteiger partial charge in [-0.05, 0) is 24.6 Å². The topological polar surface area (TPSA) is 58.5 Å². The number of nitrogens with zero attached hydrogens (tertiary/aromatic N) is 1. The molecule has 0 heterocycles. The third-order valence-electron chi connectivity index (χ3n) is 2.21. The number of rotatable bonds is 5. The van der Waals surface area contributed by atoms with Gasteiger partial charge >= 0.3 is 0 Å². The van der Waals surface area contributed by atoms with Gasteiger partial charge in [0, 0.05) is 29.8 Å². The van der Waals surface area contributed by atoms with Gasteiger partial charge in [0.15, 0.2) is 8.94 Å². The summed E-state index contributed by atoms with van der Waals surface area (Å²) < 4.78 is 16.2. The second kappa shape index (κ2) is 6.75. The van der Waals surface area contributed by atoms with Gasteiger partial charge in [-0.3, -0.25) is 4.79 Å². The molecule has 1 aromatic carbocycles. The van der Waals surface area contributed by atoms with Gasteiger partial charge < -0.3 is 5.32 Å². The summed E-state index contributed by atoms with van der Waals surface area (Å²) in [7, 11) is 3.06. The molecule has 1 unspecified atom stereocenters. The van der Waals surface area contributed by atoms with E-state index in [-0.39, 0.29) is 5.91 Å². The van der Waals surface area contributed by atoms with Gasteiger partial charge in [-0.2, -0.15) is 0 Å². The fourth-order valence-electron chi connectivity index (χ4n) is 1.35. The smallest absolute Gasteiger partial charge is 0.221 e. The van der Waals surface area contributed by atoms with Crippen molar-refractivity contribution < 1.29 is 9.00 Å². The van der Waals surface area contributed by atoms with Crippen LogP contribution >= 0.6 is 10.7 Å². The van der Waals surface area contributed by atoms with Gasteiger partial charge in [-0.25, -0.2) is 8.57 Å². The highest BCUT2D eigenvalue weighted by Gasteiger charge is 2.09. The van der Waals surface area contributed by atoms with E-state index >= 15 is 0 Å². The third-order valence-corrected chi connectivity index (χ3v) is 4.39. The molecular formula is C12H17ClN2O2S. The van der Waals surface area contributed by atoms with Crippen molar-refractivity contribution in [3.8, 4) is 0 Å². The van der Waals surface area contributed by atoms with E-state index < -0.39 is 8.94 Å². The van der Waals surface area contributed by atoms with Crippen molar-refractivity contribution in [2.45, 2.75) is 31.6 Å². The van der Waals surface area contributed by atoms with E-state index in [4.69, 9.17) is 10.7 Å².